The van der Waals surface area contributed by atoms with Crippen LogP contribution in [0.5, 0.6) is 0 Å². The molecule has 0 saturated heterocycles. The maximum absolute atomic E-state index is 13.6. The molecule has 0 fully saturated rings. The number of hydrazine groups is 1. The molecule has 0 aliphatic heterocycles. The van der Waals surface area contributed by atoms with Gasteiger partial charge in [-0.2, -0.15) is 5.10 Å². The van der Waals surface area contributed by atoms with Crippen molar-refractivity contribution >= 4 is 5.82 Å². The summed E-state index contributed by atoms with van der Waals surface area (Å²) < 4.78 is 15.3. The summed E-state index contributed by atoms with van der Waals surface area (Å²) in [6.45, 7) is 3.56. The quantitative estimate of drug-likeness (QED) is 0.631. The molecule has 0 aromatic carbocycles. The molecule has 3 N–H and O–H groups in total. The molecular formula is C11H15FN6. The van der Waals surface area contributed by atoms with Crippen LogP contribution in [0.3, 0.4) is 0 Å². The number of nitrogens with two attached hydrogens (primary N) is 1. The van der Waals surface area contributed by atoms with E-state index in [-0.39, 0.29) is 11.5 Å². The van der Waals surface area contributed by atoms with Crippen LogP contribution in [-0.4, -0.2) is 19.7 Å². The van der Waals surface area contributed by atoms with Gasteiger partial charge in [0, 0.05) is 13.2 Å². The van der Waals surface area contributed by atoms with Gasteiger partial charge < -0.3 is 5.43 Å². The Morgan fingerprint density at radius 1 is 1.44 bits per heavy atom. The average Bonchev–Trinajstić information content (AvgIpc) is 2.73. The minimum Gasteiger partial charge on any atom is -0.306 e. The summed E-state index contributed by atoms with van der Waals surface area (Å²) in [5.41, 5.74) is 4.14. The zero-order valence-corrected chi connectivity index (χ0v) is 10.5. The summed E-state index contributed by atoms with van der Waals surface area (Å²) in [6.07, 6.45) is 2.56. The molecule has 0 unspecified atom stereocenters. The second-order valence-corrected chi connectivity index (χ2v) is 3.96. The Morgan fingerprint density at radius 3 is 2.78 bits per heavy atom. The third kappa shape index (κ3) is 2.04. The molecule has 2 aromatic rings. The molecule has 2 heterocycles. The number of halogens is 1. The molecule has 0 aliphatic rings. The second kappa shape index (κ2) is 4.69. The Morgan fingerprint density at radius 2 is 2.17 bits per heavy atom. The Kier molecular flexibility index (Phi) is 3.24. The van der Waals surface area contributed by atoms with Gasteiger partial charge in [-0.05, 0) is 13.3 Å². The first-order chi connectivity index (χ1) is 8.56. The van der Waals surface area contributed by atoms with E-state index in [0.717, 1.165) is 17.7 Å². The van der Waals surface area contributed by atoms with Crippen molar-refractivity contribution in [1.29, 1.82) is 0 Å². The van der Waals surface area contributed by atoms with Crippen LogP contribution in [-0.2, 0) is 13.5 Å². The fourth-order valence-electron chi connectivity index (χ4n) is 1.76. The number of nitrogens with zero attached hydrogens (tertiary/aromatic N) is 4. The number of hydrogen-bond acceptors (Lipinski definition) is 5. The van der Waals surface area contributed by atoms with Crippen LogP contribution in [0.2, 0.25) is 0 Å². The summed E-state index contributed by atoms with van der Waals surface area (Å²) in [5, 5.41) is 4.30. The first-order valence-electron chi connectivity index (χ1n) is 5.60. The van der Waals surface area contributed by atoms with Gasteiger partial charge in [0.25, 0.3) is 0 Å². The van der Waals surface area contributed by atoms with Crippen molar-refractivity contribution in [2.75, 3.05) is 5.43 Å². The maximum atomic E-state index is 13.6. The number of aryl methyl sites for hydroxylation is 3. The lowest BCUT2D eigenvalue weighted by Crippen LogP contribution is -2.13. The van der Waals surface area contributed by atoms with Crippen molar-refractivity contribution in [1.82, 2.24) is 19.7 Å². The minimum absolute atomic E-state index is 0.0107. The fraction of sp³-hybridized carbons (Fsp3) is 0.364. The lowest BCUT2D eigenvalue weighted by molar-refractivity contribution is 0.606. The fourth-order valence-corrected chi connectivity index (χ4v) is 1.76. The number of hydrogen-bond donors (Lipinski definition) is 2. The van der Waals surface area contributed by atoms with Crippen LogP contribution < -0.4 is 11.3 Å². The van der Waals surface area contributed by atoms with E-state index in [2.05, 4.69) is 20.5 Å². The summed E-state index contributed by atoms with van der Waals surface area (Å²) in [5.74, 6) is 5.11. The highest BCUT2D eigenvalue weighted by Gasteiger charge is 2.16. The highest BCUT2D eigenvalue weighted by Crippen LogP contribution is 2.23. The van der Waals surface area contributed by atoms with E-state index in [1.807, 2.05) is 20.2 Å². The second-order valence-electron chi connectivity index (χ2n) is 3.96. The van der Waals surface area contributed by atoms with E-state index >= 15 is 0 Å². The number of nitrogen functional groups attached to an aromatic ring is 1. The van der Waals surface area contributed by atoms with Gasteiger partial charge in [0.15, 0.2) is 17.5 Å². The van der Waals surface area contributed by atoms with Gasteiger partial charge in [0.1, 0.15) is 0 Å². The Balaban J connectivity index is 2.60. The highest BCUT2D eigenvalue weighted by molar-refractivity contribution is 5.59. The number of anilines is 1. The molecule has 7 heteroatoms. The van der Waals surface area contributed by atoms with Crippen molar-refractivity contribution < 1.29 is 4.39 Å². The number of rotatable bonds is 3. The molecule has 0 atom stereocenters. The van der Waals surface area contributed by atoms with Crippen LogP contribution in [0.15, 0.2) is 6.20 Å². The third-order valence-electron chi connectivity index (χ3n) is 2.63. The Bertz CT molecular complexity index is 577. The molecule has 0 aliphatic carbocycles. The Hall–Kier alpha value is -2.02. The number of nitrogens with one attached hydrogen (secondary N) is 1. The first-order valence-corrected chi connectivity index (χ1v) is 5.60. The Labute approximate surface area is 104 Å². The van der Waals surface area contributed by atoms with Crippen LogP contribution in [0.25, 0.3) is 11.4 Å². The van der Waals surface area contributed by atoms with Crippen molar-refractivity contribution in [3.05, 3.63) is 23.4 Å². The molecule has 0 spiro atoms. The van der Waals surface area contributed by atoms with Gasteiger partial charge in [0.2, 0.25) is 0 Å². The SMILES string of the molecule is CCc1nn(C)cc1-c1nc(C)c(F)c(NN)n1. The first kappa shape index (κ1) is 12.4. The maximum Gasteiger partial charge on any atom is 0.187 e. The predicted molar refractivity (Wildman–Crippen MR) is 66.1 cm³/mol. The van der Waals surface area contributed by atoms with Crippen molar-refractivity contribution in [3.63, 3.8) is 0 Å². The summed E-state index contributed by atoms with van der Waals surface area (Å²) in [4.78, 5) is 8.21. The van der Waals surface area contributed by atoms with E-state index in [4.69, 9.17) is 5.84 Å². The highest BCUT2D eigenvalue weighted by atomic mass is 19.1. The number of aromatic nitrogens is 4. The van der Waals surface area contributed by atoms with Gasteiger partial charge in [-0.1, -0.05) is 6.92 Å². The smallest absolute Gasteiger partial charge is 0.187 e. The van der Waals surface area contributed by atoms with Gasteiger partial charge in [0.05, 0.1) is 17.0 Å². The van der Waals surface area contributed by atoms with Crippen molar-refractivity contribution in [2.45, 2.75) is 20.3 Å². The predicted octanol–water partition coefficient (Wildman–Crippen LogP) is 1.17. The molecule has 96 valence electrons. The van der Waals surface area contributed by atoms with Crippen LogP contribution in [0.4, 0.5) is 10.2 Å². The zero-order valence-electron chi connectivity index (χ0n) is 10.5. The topological polar surface area (TPSA) is 81.7 Å². The van der Waals surface area contributed by atoms with E-state index in [1.54, 1.807) is 11.6 Å². The van der Waals surface area contributed by atoms with Crippen molar-refractivity contribution in [3.8, 4) is 11.4 Å². The van der Waals surface area contributed by atoms with Crippen LogP contribution >= 0.6 is 0 Å². The van der Waals surface area contributed by atoms with E-state index < -0.39 is 5.82 Å². The molecule has 2 rings (SSSR count). The summed E-state index contributed by atoms with van der Waals surface area (Å²) in [6, 6.07) is 0. The molecule has 6 nitrogen and oxygen atoms in total. The van der Waals surface area contributed by atoms with Crippen LogP contribution in [0, 0.1) is 12.7 Å². The van der Waals surface area contributed by atoms with E-state index in [9.17, 15) is 4.39 Å². The molecule has 0 radical (unpaired) electrons. The standard InChI is InChI=1S/C11H15FN6/c1-4-8-7(5-18(3)17-8)10-14-6(2)9(12)11(15-10)16-13/h5H,4,13H2,1-3H3,(H,14,15,16). The molecule has 0 bridgehead atoms. The third-order valence-corrected chi connectivity index (χ3v) is 2.63. The zero-order chi connectivity index (χ0) is 13.3. The average molecular weight is 250 g/mol. The monoisotopic (exact) mass is 250 g/mol. The summed E-state index contributed by atoms with van der Waals surface area (Å²) >= 11 is 0. The van der Waals surface area contributed by atoms with Crippen LogP contribution in [0.1, 0.15) is 18.3 Å². The van der Waals surface area contributed by atoms with E-state index in [1.165, 1.54) is 0 Å². The van der Waals surface area contributed by atoms with E-state index in [0.29, 0.717) is 5.82 Å². The molecule has 0 saturated carbocycles. The molecule has 2 aromatic heterocycles. The van der Waals surface area contributed by atoms with Crippen molar-refractivity contribution in [2.24, 2.45) is 12.9 Å². The largest absolute Gasteiger partial charge is 0.306 e. The minimum atomic E-state index is -0.539. The molecular weight excluding hydrogens is 235 g/mol. The normalized spacial score (nSPS) is 10.7. The molecule has 18 heavy (non-hydrogen) atoms. The lowest BCUT2D eigenvalue weighted by atomic mass is 10.2. The van der Waals surface area contributed by atoms with Gasteiger partial charge >= 0.3 is 0 Å². The van der Waals surface area contributed by atoms with Gasteiger partial charge in [-0.3, -0.25) is 4.68 Å². The van der Waals surface area contributed by atoms with Gasteiger partial charge in [-0.25, -0.2) is 20.2 Å². The van der Waals surface area contributed by atoms with Gasteiger partial charge in [-0.15, -0.1) is 0 Å². The molecule has 0 amide bonds. The lowest BCUT2D eigenvalue weighted by Gasteiger charge is -2.06. The summed E-state index contributed by atoms with van der Waals surface area (Å²) in [7, 11) is 1.82.